The van der Waals surface area contributed by atoms with Crippen LogP contribution in [0.2, 0.25) is 15.1 Å². The Kier molecular flexibility index (Phi) is 11.9. The van der Waals surface area contributed by atoms with Gasteiger partial charge < -0.3 is 0 Å². The summed E-state index contributed by atoms with van der Waals surface area (Å²) in [4.78, 5) is 50.0. The number of rotatable bonds is 6. The quantitative estimate of drug-likeness (QED) is 0.182. The normalized spacial score (nSPS) is 10.6. The molecule has 0 unspecified atom stereocenters. The lowest BCUT2D eigenvalue weighted by atomic mass is 10.0. The summed E-state index contributed by atoms with van der Waals surface area (Å²) in [6.45, 7) is 7.10. The van der Waals surface area contributed by atoms with Crippen molar-refractivity contribution >= 4 is 46.4 Å². The molecule has 4 heterocycles. The minimum absolute atomic E-state index is 0. The standard InChI is InChI=1S/C16H14Cl2N4O2.C16H15ClN4O2.2CH4/c1-8-4-5-11(13(18)14(8)22-7-10(17)6-19-22)15(23)12-9(2)20-21(3)16(12)24;1-9-5-6-11(13(17)14(9)21-8-4-7-18-21)15(22)12-10(2)19-20(3)16(12)23;;/h4-7,20H,1-3H3;4-8,19H,1-3H3;2*1H4. The van der Waals surface area contributed by atoms with Gasteiger partial charge in [0.25, 0.3) is 11.1 Å². The first kappa shape index (κ1) is 38.5. The molecule has 0 spiro atoms. The predicted octanol–water partition coefficient (Wildman–Crippen LogP) is 6.73. The van der Waals surface area contributed by atoms with Crippen LogP contribution in [0.3, 0.4) is 0 Å². The third-order valence-corrected chi connectivity index (χ3v) is 8.51. The van der Waals surface area contributed by atoms with Crippen molar-refractivity contribution in [2.24, 2.45) is 14.1 Å². The topological polar surface area (TPSA) is 145 Å². The van der Waals surface area contributed by atoms with Gasteiger partial charge in [0, 0.05) is 55.2 Å². The van der Waals surface area contributed by atoms with Gasteiger partial charge in [-0.15, -0.1) is 0 Å². The zero-order chi connectivity index (χ0) is 34.3. The molecule has 0 aliphatic carbocycles. The zero-order valence-electron chi connectivity index (χ0n) is 26.1. The Bertz CT molecular complexity index is 2290. The first-order chi connectivity index (χ1) is 22.2. The first-order valence-electron chi connectivity index (χ1n) is 14.1. The van der Waals surface area contributed by atoms with Crippen LogP contribution >= 0.6 is 34.8 Å². The fraction of sp³-hybridized carbons (Fsp3) is 0.235. The monoisotopic (exact) mass is 726 g/mol. The number of nitrogens with zero attached hydrogens (tertiary/aromatic N) is 6. The Hall–Kier alpha value is -4.91. The van der Waals surface area contributed by atoms with Gasteiger partial charge in [-0.2, -0.15) is 10.2 Å². The van der Waals surface area contributed by atoms with Gasteiger partial charge >= 0.3 is 0 Å². The van der Waals surface area contributed by atoms with Crippen LogP contribution in [-0.2, 0) is 14.1 Å². The lowest BCUT2D eigenvalue weighted by Crippen LogP contribution is -2.20. The third kappa shape index (κ3) is 7.12. The van der Waals surface area contributed by atoms with Gasteiger partial charge in [0.1, 0.15) is 11.1 Å². The molecule has 0 saturated heterocycles. The molecule has 6 aromatic rings. The second-order valence-corrected chi connectivity index (χ2v) is 12.0. The van der Waals surface area contributed by atoms with Crippen molar-refractivity contribution in [3.05, 3.63) is 136 Å². The van der Waals surface area contributed by atoms with Crippen LogP contribution < -0.4 is 11.1 Å². The molecule has 0 aliphatic rings. The summed E-state index contributed by atoms with van der Waals surface area (Å²) in [7, 11) is 3.12. The minimum Gasteiger partial charge on any atom is -0.299 e. The number of H-pyrrole nitrogens is 2. The number of carbonyl (C=O) groups excluding carboxylic acids is 2. The van der Waals surface area contributed by atoms with Crippen LogP contribution in [-0.4, -0.2) is 50.7 Å². The molecule has 4 aromatic heterocycles. The van der Waals surface area contributed by atoms with Crippen LogP contribution in [0.15, 0.2) is 64.7 Å². The fourth-order valence-corrected chi connectivity index (χ4v) is 6.14. The number of halogens is 3. The number of aromatic nitrogens is 8. The molecule has 2 aromatic carbocycles. The van der Waals surface area contributed by atoms with Crippen LogP contribution in [0.1, 0.15) is 69.2 Å². The highest BCUT2D eigenvalue weighted by Gasteiger charge is 2.25. The maximum Gasteiger partial charge on any atom is 0.277 e. The van der Waals surface area contributed by atoms with Gasteiger partial charge in [0.15, 0.2) is 0 Å². The molecule has 0 fully saturated rings. The molecule has 0 amide bonds. The minimum atomic E-state index is -0.432. The number of aromatic amines is 2. The highest BCUT2D eigenvalue weighted by atomic mass is 35.5. The average Bonchev–Trinajstić information content (AvgIpc) is 3.78. The van der Waals surface area contributed by atoms with Gasteiger partial charge in [-0.3, -0.25) is 38.7 Å². The SMILES string of the molecule is C.C.Cc1ccc(C(=O)c2c(C)[nH]n(C)c2=O)c(Cl)c1-n1cc(Cl)cn1.Cc1ccc(C(=O)c2c(C)[nH]n(C)c2=O)c(Cl)c1-n1cccn1. The molecule has 0 aliphatic heterocycles. The van der Waals surface area contributed by atoms with Crippen LogP contribution in [0.4, 0.5) is 0 Å². The molecule has 6 rings (SSSR count). The second kappa shape index (κ2) is 15.1. The van der Waals surface area contributed by atoms with E-state index in [2.05, 4.69) is 20.4 Å². The Balaban J connectivity index is 0.000000255. The number of nitrogens with one attached hydrogen (secondary N) is 2. The van der Waals surface area contributed by atoms with Crippen molar-refractivity contribution in [3.8, 4) is 11.4 Å². The summed E-state index contributed by atoms with van der Waals surface area (Å²) in [5.74, 6) is -0.832. The molecule has 15 heteroatoms. The number of aryl methyl sites for hydroxylation is 6. The number of ketones is 2. The predicted molar refractivity (Wildman–Crippen MR) is 194 cm³/mol. The van der Waals surface area contributed by atoms with Crippen molar-refractivity contribution < 1.29 is 9.59 Å². The largest absolute Gasteiger partial charge is 0.299 e. The van der Waals surface area contributed by atoms with Crippen molar-refractivity contribution in [2.75, 3.05) is 0 Å². The number of hydrogen-bond acceptors (Lipinski definition) is 6. The summed E-state index contributed by atoms with van der Waals surface area (Å²) in [5.41, 5.74) is 3.84. The van der Waals surface area contributed by atoms with E-state index in [-0.39, 0.29) is 52.7 Å². The molecule has 0 bridgehead atoms. The van der Waals surface area contributed by atoms with Gasteiger partial charge in [0.2, 0.25) is 11.6 Å². The van der Waals surface area contributed by atoms with E-state index in [1.807, 2.05) is 13.8 Å². The van der Waals surface area contributed by atoms with E-state index >= 15 is 0 Å². The van der Waals surface area contributed by atoms with Crippen molar-refractivity contribution in [2.45, 2.75) is 42.5 Å². The summed E-state index contributed by atoms with van der Waals surface area (Å²) < 4.78 is 5.66. The highest BCUT2D eigenvalue weighted by Crippen LogP contribution is 2.31. The molecule has 0 atom stereocenters. The van der Waals surface area contributed by atoms with Crippen LogP contribution in [0.5, 0.6) is 0 Å². The summed E-state index contributed by atoms with van der Waals surface area (Å²) >= 11 is 18.8. The summed E-state index contributed by atoms with van der Waals surface area (Å²) in [5, 5.41) is 14.9. The van der Waals surface area contributed by atoms with Gasteiger partial charge in [-0.1, -0.05) is 61.8 Å². The molecular weight excluding hydrogens is 691 g/mol. The number of carbonyl (C=O) groups is 2. The molecule has 2 N–H and O–H groups in total. The average molecular weight is 728 g/mol. The van der Waals surface area contributed by atoms with Crippen LogP contribution in [0, 0.1) is 27.7 Å². The second-order valence-electron chi connectivity index (χ2n) is 10.8. The molecule has 0 radical (unpaired) electrons. The van der Waals surface area contributed by atoms with E-state index in [4.69, 9.17) is 34.8 Å². The van der Waals surface area contributed by atoms with Gasteiger partial charge in [-0.25, -0.2) is 9.36 Å². The Morgan fingerprint density at radius 3 is 1.49 bits per heavy atom. The van der Waals surface area contributed by atoms with E-state index in [9.17, 15) is 19.2 Å². The summed E-state index contributed by atoms with van der Waals surface area (Å²) in [6.07, 6.45) is 6.47. The zero-order valence-corrected chi connectivity index (χ0v) is 28.4. The third-order valence-electron chi connectivity index (χ3n) is 7.55. The van der Waals surface area contributed by atoms with Crippen molar-refractivity contribution in [1.82, 2.24) is 39.1 Å². The highest BCUT2D eigenvalue weighted by molar-refractivity contribution is 6.37. The molecule has 49 heavy (non-hydrogen) atoms. The smallest absolute Gasteiger partial charge is 0.277 e. The fourth-order valence-electron chi connectivity index (χ4n) is 5.24. The van der Waals surface area contributed by atoms with E-state index in [1.165, 1.54) is 20.2 Å². The summed E-state index contributed by atoms with van der Waals surface area (Å²) in [6, 6.07) is 8.58. The number of benzene rings is 2. The van der Waals surface area contributed by atoms with Crippen molar-refractivity contribution in [1.29, 1.82) is 0 Å². The van der Waals surface area contributed by atoms with E-state index < -0.39 is 17.1 Å². The van der Waals surface area contributed by atoms with E-state index in [0.717, 1.165) is 11.1 Å². The van der Waals surface area contributed by atoms with Gasteiger partial charge in [0.05, 0.1) is 32.6 Å². The number of hydrogen-bond donors (Lipinski definition) is 2. The Labute approximate surface area is 297 Å². The lowest BCUT2D eigenvalue weighted by Gasteiger charge is -2.12. The van der Waals surface area contributed by atoms with Crippen molar-refractivity contribution in [3.63, 3.8) is 0 Å². The van der Waals surface area contributed by atoms with E-state index in [0.29, 0.717) is 27.8 Å². The Morgan fingerprint density at radius 1 is 0.694 bits per heavy atom. The molecule has 258 valence electrons. The first-order valence-corrected chi connectivity index (χ1v) is 15.3. The lowest BCUT2D eigenvalue weighted by molar-refractivity contribution is 0.102. The molecule has 0 saturated carbocycles. The van der Waals surface area contributed by atoms with E-state index in [1.54, 1.807) is 81.5 Å². The van der Waals surface area contributed by atoms with Gasteiger partial charge in [-0.05, 0) is 57.0 Å². The maximum atomic E-state index is 12.8. The molecule has 12 nitrogen and oxygen atoms in total. The van der Waals surface area contributed by atoms with Crippen LogP contribution in [0.25, 0.3) is 11.4 Å². The Morgan fingerprint density at radius 2 is 1.14 bits per heavy atom. The maximum absolute atomic E-state index is 12.8. The molecular formula is C34H37Cl3N8O4.